The molecule has 1 fully saturated rings. The summed E-state index contributed by atoms with van der Waals surface area (Å²) >= 11 is 2.18. The Bertz CT molecular complexity index is 271. The van der Waals surface area contributed by atoms with Crippen molar-refractivity contribution < 1.29 is 4.42 Å². The molecule has 2 unspecified atom stereocenters. The van der Waals surface area contributed by atoms with E-state index in [1.807, 2.05) is 12.1 Å². The summed E-state index contributed by atoms with van der Waals surface area (Å²) in [6.07, 6.45) is 1.32. The Labute approximate surface area is 85.9 Å². The molecule has 0 aliphatic heterocycles. The number of nitrogens with one attached hydrogen (secondary N) is 1. The predicted octanol–water partition coefficient (Wildman–Crippen LogP) is 2.38. The first-order valence-corrected chi connectivity index (χ1v) is 5.31. The molecule has 0 spiro atoms. The zero-order valence-corrected chi connectivity index (χ0v) is 9.17. The molecule has 1 saturated carbocycles. The summed E-state index contributed by atoms with van der Waals surface area (Å²) in [5.74, 6) is 1.90. The summed E-state index contributed by atoms with van der Waals surface area (Å²) in [6.45, 7) is 3.14. The minimum Gasteiger partial charge on any atom is -0.454 e. The Morgan fingerprint density at radius 1 is 1.67 bits per heavy atom. The molecule has 1 aromatic heterocycles. The zero-order chi connectivity index (χ0) is 8.55. The van der Waals surface area contributed by atoms with Crippen LogP contribution in [0.3, 0.4) is 0 Å². The third-order valence-electron chi connectivity index (χ3n) is 2.28. The van der Waals surface area contributed by atoms with Gasteiger partial charge in [-0.05, 0) is 47.1 Å². The van der Waals surface area contributed by atoms with E-state index in [0.717, 1.165) is 28.0 Å². The van der Waals surface area contributed by atoms with Crippen molar-refractivity contribution in [3.63, 3.8) is 0 Å². The summed E-state index contributed by atoms with van der Waals surface area (Å²) in [7, 11) is 0. The maximum atomic E-state index is 5.42. The monoisotopic (exact) mass is 277 g/mol. The Hall–Kier alpha value is -0.0300. The van der Waals surface area contributed by atoms with Gasteiger partial charge in [-0.1, -0.05) is 6.92 Å². The van der Waals surface area contributed by atoms with E-state index in [1.165, 1.54) is 6.42 Å². The van der Waals surface area contributed by atoms with Crippen LogP contribution < -0.4 is 5.32 Å². The molecule has 2 nitrogen and oxygen atoms in total. The fraction of sp³-hybridized carbons (Fsp3) is 0.556. The van der Waals surface area contributed by atoms with Gasteiger partial charge >= 0.3 is 0 Å². The third kappa shape index (κ3) is 2.01. The molecule has 1 aliphatic carbocycles. The lowest BCUT2D eigenvalue weighted by molar-refractivity contribution is 0.459. The smallest absolute Gasteiger partial charge is 0.164 e. The van der Waals surface area contributed by atoms with Gasteiger partial charge in [-0.15, -0.1) is 0 Å². The minimum absolute atomic E-state index is 0.729. The largest absolute Gasteiger partial charge is 0.454 e. The van der Waals surface area contributed by atoms with Gasteiger partial charge in [-0.2, -0.15) is 0 Å². The van der Waals surface area contributed by atoms with E-state index >= 15 is 0 Å². The van der Waals surface area contributed by atoms with Crippen LogP contribution in [0.25, 0.3) is 0 Å². The van der Waals surface area contributed by atoms with E-state index < -0.39 is 0 Å². The lowest BCUT2D eigenvalue weighted by Crippen LogP contribution is -2.16. The van der Waals surface area contributed by atoms with E-state index in [1.54, 1.807) is 0 Å². The van der Waals surface area contributed by atoms with Crippen molar-refractivity contribution in [3.05, 3.63) is 21.7 Å². The lowest BCUT2D eigenvalue weighted by Gasteiger charge is -1.98. The molecule has 0 bridgehead atoms. The Morgan fingerprint density at radius 2 is 2.42 bits per heavy atom. The number of hydrogen-bond acceptors (Lipinski definition) is 2. The molecule has 2 atom stereocenters. The number of hydrogen-bond donors (Lipinski definition) is 1. The van der Waals surface area contributed by atoms with E-state index in [-0.39, 0.29) is 0 Å². The Balaban J connectivity index is 1.80. The molecule has 12 heavy (non-hydrogen) atoms. The van der Waals surface area contributed by atoms with Gasteiger partial charge in [0, 0.05) is 6.04 Å². The van der Waals surface area contributed by atoms with Gasteiger partial charge in [0.1, 0.15) is 5.76 Å². The second kappa shape index (κ2) is 3.38. The van der Waals surface area contributed by atoms with Crippen molar-refractivity contribution >= 4 is 22.6 Å². The number of rotatable bonds is 3. The highest BCUT2D eigenvalue weighted by Gasteiger charge is 2.31. The molecule has 3 heteroatoms. The fourth-order valence-corrected chi connectivity index (χ4v) is 1.75. The van der Waals surface area contributed by atoms with Crippen molar-refractivity contribution in [2.75, 3.05) is 0 Å². The van der Waals surface area contributed by atoms with Crippen molar-refractivity contribution in [2.24, 2.45) is 5.92 Å². The standard InChI is InChI=1S/C9H12INO/c1-6-4-8(6)11-5-7-2-3-9(10)12-7/h2-3,6,8,11H,4-5H2,1H3. The van der Waals surface area contributed by atoms with Crippen LogP contribution in [-0.4, -0.2) is 6.04 Å². The third-order valence-corrected chi connectivity index (χ3v) is 2.86. The Morgan fingerprint density at radius 3 is 2.92 bits per heavy atom. The van der Waals surface area contributed by atoms with Crippen LogP contribution in [0.4, 0.5) is 0 Å². The average molecular weight is 277 g/mol. The fourth-order valence-electron chi connectivity index (χ4n) is 1.28. The first-order chi connectivity index (χ1) is 5.75. The molecule has 1 aromatic rings. The lowest BCUT2D eigenvalue weighted by atomic mass is 10.4. The highest BCUT2D eigenvalue weighted by atomic mass is 127. The molecule has 0 radical (unpaired) electrons. The van der Waals surface area contributed by atoms with E-state index in [9.17, 15) is 0 Å². The van der Waals surface area contributed by atoms with E-state index in [4.69, 9.17) is 4.42 Å². The van der Waals surface area contributed by atoms with Crippen molar-refractivity contribution in [3.8, 4) is 0 Å². The summed E-state index contributed by atoms with van der Waals surface area (Å²) in [4.78, 5) is 0. The highest BCUT2D eigenvalue weighted by Crippen LogP contribution is 2.29. The van der Waals surface area contributed by atoms with Gasteiger partial charge in [-0.25, -0.2) is 0 Å². The van der Waals surface area contributed by atoms with Crippen LogP contribution in [0.5, 0.6) is 0 Å². The molecule has 1 aliphatic rings. The quantitative estimate of drug-likeness (QED) is 0.858. The van der Waals surface area contributed by atoms with Gasteiger partial charge in [0.05, 0.1) is 6.54 Å². The first kappa shape index (κ1) is 8.56. The van der Waals surface area contributed by atoms with Crippen LogP contribution >= 0.6 is 22.6 Å². The second-order valence-electron chi connectivity index (χ2n) is 3.41. The molecule has 2 rings (SSSR count). The average Bonchev–Trinajstić information content (AvgIpc) is 2.56. The zero-order valence-electron chi connectivity index (χ0n) is 7.01. The topological polar surface area (TPSA) is 25.2 Å². The number of furan rings is 1. The summed E-state index contributed by atoms with van der Waals surface area (Å²) in [6, 6.07) is 4.75. The van der Waals surface area contributed by atoms with Crippen molar-refractivity contribution in [1.29, 1.82) is 0 Å². The SMILES string of the molecule is CC1CC1NCc1ccc(I)o1. The molecule has 0 aromatic carbocycles. The molecule has 1 heterocycles. The van der Waals surface area contributed by atoms with E-state index in [0.29, 0.717) is 0 Å². The van der Waals surface area contributed by atoms with Crippen molar-refractivity contribution in [2.45, 2.75) is 25.9 Å². The van der Waals surface area contributed by atoms with Gasteiger partial charge in [-0.3, -0.25) is 0 Å². The van der Waals surface area contributed by atoms with E-state index in [2.05, 4.69) is 34.8 Å². The number of halogens is 1. The summed E-state index contributed by atoms with van der Waals surface area (Å²) in [5.41, 5.74) is 0. The maximum Gasteiger partial charge on any atom is 0.164 e. The normalized spacial score (nSPS) is 27.5. The second-order valence-corrected chi connectivity index (χ2v) is 4.47. The van der Waals surface area contributed by atoms with Crippen LogP contribution in [0.2, 0.25) is 0 Å². The minimum atomic E-state index is 0.729. The summed E-state index contributed by atoms with van der Waals surface area (Å²) < 4.78 is 6.39. The van der Waals surface area contributed by atoms with Crippen LogP contribution in [0.15, 0.2) is 16.5 Å². The molecule has 66 valence electrons. The molecular formula is C9H12INO. The van der Waals surface area contributed by atoms with Gasteiger partial charge in [0.2, 0.25) is 0 Å². The van der Waals surface area contributed by atoms with Gasteiger partial charge < -0.3 is 9.73 Å². The van der Waals surface area contributed by atoms with Crippen molar-refractivity contribution in [1.82, 2.24) is 5.32 Å². The maximum absolute atomic E-state index is 5.42. The van der Waals surface area contributed by atoms with Crippen LogP contribution in [0, 0.1) is 9.68 Å². The highest BCUT2D eigenvalue weighted by molar-refractivity contribution is 14.1. The van der Waals surface area contributed by atoms with Crippen LogP contribution in [0.1, 0.15) is 19.1 Å². The first-order valence-electron chi connectivity index (χ1n) is 4.23. The molecule has 0 saturated heterocycles. The molecule has 0 amide bonds. The molecular weight excluding hydrogens is 265 g/mol. The van der Waals surface area contributed by atoms with Gasteiger partial charge in [0.25, 0.3) is 0 Å². The molecule has 1 N–H and O–H groups in total. The van der Waals surface area contributed by atoms with Gasteiger partial charge in [0.15, 0.2) is 3.77 Å². The Kier molecular flexibility index (Phi) is 2.41. The summed E-state index contributed by atoms with van der Waals surface area (Å²) in [5, 5.41) is 3.44. The predicted molar refractivity (Wildman–Crippen MR) is 55.8 cm³/mol. The van der Waals surface area contributed by atoms with Crippen LogP contribution in [-0.2, 0) is 6.54 Å².